The largest absolute Gasteiger partial charge is 0.279 e. The van der Waals surface area contributed by atoms with Crippen molar-refractivity contribution in [3.63, 3.8) is 0 Å². The summed E-state index contributed by atoms with van der Waals surface area (Å²) in [7, 11) is 0. The van der Waals surface area contributed by atoms with E-state index < -0.39 is 0 Å². The molecule has 1 nitrogen and oxygen atoms in total. The van der Waals surface area contributed by atoms with Crippen LogP contribution in [0.1, 0.15) is 30.1 Å². The molecule has 0 fully saturated rings. The predicted molar refractivity (Wildman–Crippen MR) is 53.5 cm³/mol. The van der Waals surface area contributed by atoms with Crippen LogP contribution >= 0.6 is 0 Å². The Balaban J connectivity index is 2.66. The molecule has 0 aliphatic heterocycles. The van der Waals surface area contributed by atoms with E-state index in [0.29, 0.717) is 5.56 Å². The van der Waals surface area contributed by atoms with E-state index >= 15 is 0 Å². The molecule has 0 aliphatic rings. The predicted octanol–water partition coefficient (Wildman–Crippen LogP) is 2.67. The van der Waals surface area contributed by atoms with Gasteiger partial charge in [0.25, 0.3) is 0 Å². The maximum Gasteiger partial charge on any atom is 0.235 e. The second-order valence-electron chi connectivity index (χ2n) is 2.75. The number of rotatable bonds is 2. The van der Waals surface area contributed by atoms with Crippen LogP contribution in [0.15, 0.2) is 30.3 Å². The van der Waals surface area contributed by atoms with Crippen molar-refractivity contribution in [3.05, 3.63) is 35.9 Å². The third kappa shape index (κ3) is 3.13. The van der Waals surface area contributed by atoms with Crippen molar-refractivity contribution in [2.45, 2.75) is 19.8 Å². The van der Waals surface area contributed by atoms with Gasteiger partial charge in [0.1, 0.15) is 0 Å². The van der Waals surface area contributed by atoms with Gasteiger partial charge in [-0.15, -0.1) is 0 Å². The molecule has 0 aromatic heterocycles. The summed E-state index contributed by atoms with van der Waals surface area (Å²) >= 11 is 0. The molecule has 0 radical (unpaired) electrons. The van der Waals surface area contributed by atoms with Crippen LogP contribution in [0.4, 0.5) is 0 Å². The molecule has 0 aliphatic carbocycles. The molecular weight excluding hydrogens is 160 g/mol. The molecule has 0 amide bonds. The summed E-state index contributed by atoms with van der Waals surface area (Å²) < 4.78 is 0. The number of carbonyl (C=O) groups excluding carboxylic acids is 1. The van der Waals surface area contributed by atoms with E-state index in [0.717, 1.165) is 12.8 Å². The Bertz CT molecular complexity index is 327. The first-order valence-electron chi connectivity index (χ1n) is 4.43. The molecule has 0 bridgehead atoms. The molecule has 1 rings (SSSR count). The van der Waals surface area contributed by atoms with Gasteiger partial charge < -0.3 is 0 Å². The summed E-state index contributed by atoms with van der Waals surface area (Å²) in [6.45, 7) is 2.04. The third-order valence-electron chi connectivity index (χ3n) is 1.61. The number of Topliss-reactive ketones (excluding diaryl/α,β-unsaturated/α-hetero) is 1. The molecule has 0 N–H and O–H groups in total. The van der Waals surface area contributed by atoms with Gasteiger partial charge in [0.2, 0.25) is 5.78 Å². The molecule has 0 heterocycles. The van der Waals surface area contributed by atoms with E-state index in [1.807, 2.05) is 25.1 Å². The minimum absolute atomic E-state index is 0.0888. The van der Waals surface area contributed by atoms with E-state index in [4.69, 9.17) is 0 Å². The van der Waals surface area contributed by atoms with Gasteiger partial charge in [0.15, 0.2) is 0 Å². The smallest absolute Gasteiger partial charge is 0.235 e. The van der Waals surface area contributed by atoms with E-state index in [2.05, 4.69) is 11.8 Å². The summed E-state index contributed by atoms with van der Waals surface area (Å²) in [6, 6.07) is 9.13. The van der Waals surface area contributed by atoms with Crippen molar-refractivity contribution in [3.8, 4) is 11.8 Å². The van der Waals surface area contributed by atoms with Crippen LogP contribution in [0.25, 0.3) is 0 Å². The van der Waals surface area contributed by atoms with Crippen molar-refractivity contribution in [2.75, 3.05) is 0 Å². The standard InChI is InChI=1S/C12H12O/c1-2-3-5-10-12(13)11-8-6-4-7-9-11/h4,6-9H,2-3H2,1H3. The molecule has 1 aromatic rings. The lowest BCUT2D eigenvalue weighted by molar-refractivity contribution is 0.105. The number of hydrogen-bond donors (Lipinski definition) is 0. The van der Waals surface area contributed by atoms with Gasteiger partial charge in [-0.1, -0.05) is 43.2 Å². The zero-order valence-corrected chi connectivity index (χ0v) is 7.71. The van der Waals surface area contributed by atoms with Crippen molar-refractivity contribution >= 4 is 5.78 Å². The summed E-state index contributed by atoms with van der Waals surface area (Å²) in [5.41, 5.74) is 0.672. The molecule has 1 aromatic carbocycles. The van der Waals surface area contributed by atoms with Crippen LogP contribution in [0.3, 0.4) is 0 Å². The van der Waals surface area contributed by atoms with Crippen LogP contribution < -0.4 is 0 Å². The van der Waals surface area contributed by atoms with Crippen molar-refractivity contribution < 1.29 is 4.79 Å². The van der Waals surface area contributed by atoms with Gasteiger partial charge in [0.05, 0.1) is 0 Å². The average molecular weight is 172 g/mol. The second kappa shape index (κ2) is 5.16. The normalized spacial score (nSPS) is 8.69. The molecular formula is C12H12O. The second-order valence-corrected chi connectivity index (χ2v) is 2.75. The first kappa shape index (κ1) is 9.54. The van der Waals surface area contributed by atoms with E-state index in [1.165, 1.54) is 0 Å². The Hall–Kier alpha value is -1.55. The fourth-order valence-corrected chi connectivity index (χ4v) is 0.929. The highest BCUT2D eigenvalue weighted by Crippen LogP contribution is 1.98. The lowest BCUT2D eigenvalue weighted by Crippen LogP contribution is -1.93. The van der Waals surface area contributed by atoms with Crippen LogP contribution in [-0.2, 0) is 0 Å². The number of ketones is 1. The molecule has 0 unspecified atom stereocenters. The quantitative estimate of drug-likeness (QED) is 0.381. The van der Waals surface area contributed by atoms with Gasteiger partial charge in [0, 0.05) is 12.0 Å². The number of unbranched alkanes of at least 4 members (excludes halogenated alkanes) is 1. The fraction of sp³-hybridized carbons (Fsp3) is 0.250. The summed E-state index contributed by atoms with van der Waals surface area (Å²) in [4.78, 5) is 11.3. The fourth-order valence-electron chi connectivity index (χ4n) is 0.929. The summed E-state index contributed by atoms with van der Waals surface area (Å²) in [5.74, 6) is 5.36. The third-order valence-corrected chi connectivity index (χ3v) is 1.61. The zero-order valence-electron chi connectivity index (χ0n) is 7.71. The lowest BCUT2D eigenvalue weighted by atomic mass is 10.1. The summed E-state index contributed by atoms with van der Waals surface area (Å²) in [6.07, 6.45) is 1.79. The zero-order chi connectivity index (χ0) is 9.52. The van der Waals surface area contributed by atoms with Crippen molar-refractivity contribution in [1.82, 2.24) is 0 Å². The lowest BCUT2D eigenvalue weighted by Gasteiger charge is -1.90. The SMILES string of the molecule is CCCC#CC(=O)c1ccccc1. The van der Waals surface area contributed by atoms with Gasteiger partial charge in [-0.05, 0) is 12.3 Å². The molecule has 1 heteroatoms. The minimum atomic E-state index is -0.0888. The average Bonchev–Trinajstić information content (AvgIpc) is 2.19. The van der Waals surface area contributed by atoms with E-state index in [1.54, 1.807) is 12.1 Å². The highest BCUT2D eigenvalue weighted by Gasteiger charge is 1.97. The first-order chi connectivity index (χ1) is 6.34. The molecule has 0 spiro atoms. The van der Waals surface area contributed by atoms with Crippen LogP contribution in [-0.4, -0.2) is 5.78 Å². The van der Waals surface area contributed by atoms with E-state index in [-0.39, 0.29) is 5.78 Å². The molecule has 66 valence electrons. The van der Waals surface area contributed by atoms with Gasteiger partial charge in [-0.3, -0.25) is 4.79 Å². The molecule has 13 heavy (non-hydrogen) atoms. The van der Waals surface area contributed by atoms with Crippen molar-refractivity contribution in [1.29, 1.82) is 0 Å². The Morgan fingerprint density at radius 3 is 2.62 bits per heavy atom. The molecule has 0 saturated carbocycles. The monoisotopic (exact) mass is 172 g/mol. The maximum atomic E-state index is 11.3. The number of hydrogen-bond acceptors (Lipinski definition) is 1. The Labute approximate surface area is 78.8 Å². The van der Waals surface area contributed by atoms with Gasteiger partial charge >= 0.3 is 0 Å². The molecule has 0 atom stereocenters. The first-order valence-corrected chi connectivity index (χ1v) is 4.43. The summed E-state index contributed by atoms with van der Waals surface area (Å²) in [5, 5.41) is 0. The van der Waals surface area contributed by atoms with Gasteiger partial charge in [-0.25, -0.2) is 0 Å². The van der Waals surface area contributed by atoms with Gasteiger partial charge in [-0.2, -0.15) is 0 Å². The number of benzene rings is 1. The Kier molecular flexibility index (Phi) is 3.78. The van der Waals surface area contributed by atoms with Crippen LogP contribution in [0.5, 0.6) is 0 Å². The Morgan fingerprint density at radius 2 is 2.00 bits per heavy atom. The topological polar surface area (TPSA) is 17.1 Å². The number of carbonyl (C=O) groups is 1. The highest BCUT2D eigenvalue weighted by atomic mass is 16.1. The van der Waals surface area contributed by atoms with Crippen LogP contribution in [0.2, 0.25) is 0 Å². The van der Waals surface area contributed by atoms with Crippen LogP contribution in [0, 0.1) is 11.8 Å². The van der Waals surface area contributed by atoms with Crippen molar-refractivity contribution in [2.24, 2.45) is 0 Å². The Morgan fingerprint density at radius 1 is 1.31 bits per heavy atom. The maximum absolute atomic E-state index is 11.3. The highest BCUT2D eigenvalue weighted by molar-refractivity contribution is 6.08. The minimum Gasteiger partial charge on any atom is -0.279 e. The molecule has 0 saturated heterocycles. The van der Waals surface area contributed by atoms with E-state index in [9.17, 15) is 4.79 Å².